The van der Waals surface area contributed by atoms with E-state index in [2.05, 4.69) is 71.6 Å². The van der Waals surface area contributed by atoms with Gasteiger partial charge in [-0.25, -0.2) is 19.9 Å². The molecule has 2 aliphatic rings. The summed E-state index contributed by atoms with van der Waals surface area (Å²) in [6.07, 6.45) is 7.12. The van der Waals surface area contributed by atoms with Crippen molar-refractivity contribution in [2.24, 2.45) is 0 Å². The van der Waals surface area contributed by atoms with Crippen LogP contribution in [0.3, 0.4) is 0 Å². The zero-order chi connectivity index (χ0) is 37.9. The maximum Gasteiger partial charge on any atom is 0.226 e. The minimum atomic E-state index is -1.31. The standard InChI is InChI=1S/C34H46N18O3/c1-4-52-49-30(48-50-52)28-26(53)27(54)32(55-28)51-17-42-25-29(46-34(47-31(25)51)37-13-10-23-19(3)39-16-41-23)44-21-7-5-20(6-8-21)43-24-11-14-36-33(45-24)35-12-9-22-18(2)38-15-40-22/h11,14-17,20-21,26-28,32,53-54H,4-10,12-13H2,1-3H3,(H,38,40)(H,39,41)(H2,35,36,43,45)(H2,37,44,46,47)/t20-,21-,26-,27+,28-,32+/m0/s1. The van der Waals surface area contributed by atoms with Gasteiger partial charge in [-0.3, -0.25) is 4.57 Å². The van der Waals surface area contributed by atoms with Gasteiger partial charge in [0.2, 0.25) is 17.7 Å². The number of aromatic nitrogens is 14. The summed E-state index contributed by atoms with van der Waals surface area (Å²) in [4.78, 5) is 39.8. The number of nitrogens with one attached hydrogen (secondary N) is 6. The van der Waals surface area contributed by atoms with Gasteiger partial charge in [0.05, 0.1) is 36.9 Å². The van der Waals surface area contributed by atoms with Crippen LogP contribution < -0.4 is 21.3 Å². The number of fused-ring (bicyclic) bond motifs is 1. The molecule has 1 saturated carbocycles. The van der Waals surface area contributed by atoms with Crippen molar-refractivity contribution >= 4 is 34.7 Å². The van der Waals surface area contributed by atoms with Crippen LogP contribution in [-0.4, -0.2) is 117 Å². The molecular formula is C34H46N18O3. The van der Waals surface area contributed by atoms with Crippen LogP contribution in [0.5, 0.6) is 0 Å². The minimum absolute atomic E-state index is 0.126. The third-order valence-corrected chi connectivity index (χ3v) is 10.2. The van der Waals surface area contributed by atoms with Gasteiger partial charge in [0.1, 0.15) is 18.0 Å². The monoisotopic (exact) mass is 754 g/mol. The Morgan fingerprint density at radius 3 is 2.18 bits per heavy atom. The van der Waals surface area contributed by atoms with Gasteiger partial charge in [-0.05, 0) is 57.7 Å². The number of ether oxygens (including phenoxy) is 1. The number of tetrazole rings is 1. The Morgan fingerprint density at radius 2 is 1.53 bits per heavy atom. The number of aliphatic hydroxyl groups excluding tert-OH is 2. The summed E-state index contributed by atoms with van der Waals surface area (Å²) in [6.45, 7) is 7.59. The molecule has 6 aromatic heterocycles. The van der Waals surface area contributed by atoms with E-state index in [9.17, 15) is 10.2 Å². The van der Waals surface area contributed by atoms with E-state index >= 15 is 0 Å². The Hall–Kier alpha value is -5.80. The number of anilines is 4. The average Bonchev–Trinajstić information content (AvgIpc) is 4.04. The summed E-state index contributed by atoms with van der Waals surface area (Å²) < 4.78 is 7.79. The SMILES string of the molecule is CCn1nnc([C@H]2O[C@@H](n3cnc4c(N[C@H]5CC[C@H](Nc6ccnc(NCCc7nc[nH]c7C)n6)CC5)nc(NCCc5nc[nH]c5C)nc43)[C@H](O)[C@@H]2O)n1. The Balaban J connectivity index is 0.948. The van der Waals surface area contributed by atoms with Crippen molar-refractivity contribution < 1.29 is 14.9 Å². The smallest absolute Gasteiger partial charge is 0.226 e. The van der Waals surface area contributed by atoms with E-state index in [1.807, 2.05) is 26.8 Å². The molecule has 6 aromatic rings. The lowest BCUT2D eigenvalue weighted by molar-refractivity contribution is -0.0384. The van der Waals surface area contributed by atoms with Crippen molar-refractivity contribution in [3.05, 3.63) is 59.8 Å². The predicted molar refractivity (Wildman–Crippen MR) is 200 cm³/mol. The molecule has 1 aliphatic carbocycles. The number of aromatic amines is 2. The Labute approximate surface area is 315 Å². The molecule has 0 aromatic carbocycles. The van der Waals surface area contributed by atoms with Gasteiger partial charge in [0, 0.05) is 55.6 Å². The normalized spacial score (nSPS) is 22.6. The van der Waals surface area contributed by atoms with Gasteiger partial charge in [-0.15, -0.1) is 10.2 Å². The number of aryl methyl sites for hydroxylation is 3. The first kappa shape index (κ1) is 36.2. The summed E-state index contributed by atoms with van der Waals surface area (Å²) in [5, 5.41) is 48.3. The molecular weight excluding hydrogens is 708 g/mol. The molecule has 1 saturated heterocycles. The Morgan fingerprint density at radius 1 is 0.836 bits per heavy atom. The third-order valence-electron chi connectivity index (χ3n) is 10.2. The second-order valence-corrected chi connectivity index (χ2v) is 13.9. The molecule has 55 heavy (non-hydrogen) atoms. The molecule has 0 spiro atoms. The van der Waals surface area contributed by atoms with E-state index < -0.39 is 24.5 Å². The first-order chi connectivity index (χ1) is 26.8. The molecule has 0 bridgehead atoms. The lowest BCUT2D eigenvalue weighted by Gasteiger charge is -2.30. The second kappa shape index (κ2) is 15.9. The van der Waals surface area contributed by atoms with Crippen LogP contribution >= 0.6 is 0 Å². The summed E-state index contributed by atoms with van der Waals surface area (Å²) >= 11 is 0. The molecule has 1 aliphatic heterocycles. The summed E-state index contributed by atoms with van der Waals surface area (Å²) in [5.41, 5.74) is 5.00. The Kier molecular flexibility index (Phi) is 10.5. The fourth-order valence-corrected chi connectivity index (χ4v) is 7.06. The topological polar surface area (TPSA) is 268 Å². The van der Waals surface area contributed by atoms with Gasteiger partial charge in [-0.1, -0.05) is 0 Å². The van der Waals surface area contributed by atoms with Crippen LogP contribution in [0, 0.1) is 13.8 Å². The molecule has 8 N–H and O–H groups in total. The second-order valence-electron chi connectivity index (χ2n) is 13.9. The van der Waals surface area contributed by atoms with Gasteiger partial charge >= 0.3 is 0 Å². The Bertz CT molecular complexity index is 2190. The van der Waals surface area contributed by atoms with Crippen molar-refractivity contribution in [3.63, 3.8) is 0 Å². The molecule has 8 rings (SSSR count). The molecule has 4 atom stereocenters. The van der Waals surface area contributed by atoms with Gasteiger partial charge in [0.25, 0.3) is 0 Å². The largest absolute Gasteiger partial charge is 0.387 e. The van der Waals surface area contributed by atoms with Crippen molar-refractivity contribution in [1.82, 2.24) is 69.6 Å². The van der Waals surface area contributed by atoms with Crippen LogP contribution in [0.2, 0.25) is 0 Å². The van der Waals surface area contributed by atoms with Crippen molar-refractivity contribution in [2.45, 2.75) is 102 Å². The number of H-pyrrole nitrogens is 2. The highest BCUT2D eigenvalue weighted by Gasteiger charge is 2.47. The lowest BCUT2D eigenvalue weighted by Crippen LogP contribution is -2.33. The van der Waals surface area contributed by atoms with Crippen LogP contribution in [-0.2, 0) is 24.1 Å². The quantitative estimate of drug-likeness (QED) is 0.0743. The zero-order valence-corrected chi connectivity index (χ0v) is 30.9. The predicted octanol–water partition coefficient (Wildman–Crippen LogP) is 1.82. The van der Waals surface area contributed by atoms with Gasteiger partial charge in [-0.2, -0.15) is 19.7 Å². The molecule has 2 fully saturated rings. The number of hydrogen-bond donors (Lipinski definition) is 8. The fourth-order valence-electron chi connectivity index (χ4n) is 7.06. The number of aliphatic hydroxyl groups is 2. The van der Waals surface area contributed by atoms with Crippen LogP contribution in [0.1, 0.15) is 73.5 Å². The van der Waals surface area contributed by atoms with E-state index in [0.29, 0.717) is 54.9 Å². The van der Waals surface area contributed by atoms with Gasteiger partial charge < -0.3 is 46.2 Å². The van der Waals surface area contributed by atoms with E-state index in [-0.39, 0.29) is 17.9 Å². The summed E-state index contributed by atoms with van der Waals surface area (Å²) in [5.74, 6) is 2.48. The van der Waals surface area contributed by atoms with E-state index in [1.165, 1.54) is 4.80 Å². The molecule has 0 amide bonds. The molecule has 0 unspecified atom stereocenters. The van der Waals surface area contributed by atoms with Crippen LogP contribution in [0.15, 0.2) is 31.2 Å². The minimum Gasteiger partial charge on any atom is -0.387 e. The summed E-state index contributed by atoms with van der Waals surface area (Å²) in [6, 6.07) is 2.26. The number of rotatable bonds is 15. The molecule has 21 heteroatoms. The first-order valence-corrected chi connectivity index (χ1v) is 18.7. The first-order valence-electron chi connectivity index (χ1n) is 18.7. The van der Waals surface area contributed by atoms with Crippen molar-refractivity contribution in [3.8, 4) is 0 Å². The van der Waals surface area contributed by atoms with Crippen molar-refractivity contribution in [2.75, 3.05) is 34.4 Å². The summed E-state index contributed by atoms with van der Waals surface area (Å²) in [7, 11) is 0. The van der Waals surface area contributed by atoms with Crippen LogP contribution in [0.4, 0.5) is 23.5 Å². The zero-order valence-electron chi connectivity index (χ0n) is 30.9. The molecule has 21 nitrogen and oxygen atoms in total. The highest BCUT2D eigenvalue weighted by atomic mass is 16.6. The molecule has 0 radical (unpaired) electrons. The average molecular weight is 755 g/mol. The third kappa shape index (κ3) is 7.89. The highest BCUT2D eigenvalue weighted by Crippen LogP contribution is 2.39. The maximum absolute atomic E-state index is 11.2. The molecule has 290 valence electrons. The maximum atomic E-state index is 11.2. The number of hydrogen-bond acceptors (Lipinski definition) is 17. The van der Waals surface area contributed by atoms with Crippen molar-refractivity contribution in [1.29, 1.82) is 0 Å². The number of imidazole rings is 3. The van der Waals surface area contributed by atoms with E-state index in [4.69, 9.17) is 14.7 Å². The highest BCUT2D eigenvalue weighted by molar-refractivity contribution is 5.84. The van der Waals surface area contributed by atoms with E-state index in [1.54, 1.807) is 29.7 Å². The number of nitrogens with zero attached hydrogens (tertiary/aromatic N) is 12. The lowest BCUT2D eigenvalue weighted by atomic mass is 9.91. The fraction of sp³-hybridized carbons (Fsp3) is 0.529. The van der Waals surface area contributed by atoms with E-state index in [0.717, 1.165) is 60.7 Å². The van der Waals surface area contributed by atoms with Gasteiger partial charge in [0.15, 0.2) is 29.3 Å². The molecule has 7 heterocycles. The van der Waals surface area contributed by atoms with Crippen LogP contribution in [0.25, 0.3) is 11.2 Å².